The van der Waals surface area contributed by atoms with Gasteiger partial charge in [0.15, 0.2) is 0 Å². The van der Waals surface area contributed by atoms with Crippen LogP contribution >= 0.6 is 23.2 Å². The fourth-order valence-electron chi connectivity index (χ4n) is 4.30. The lowest BCUT2D eigenvalue weighted by atomic mass is 10.2. The van der Waals surface area contributed by atoms with Crippen LogP contribution < -0.4 is 10.7 Å². The summed E-state index contributed by atoms with van der Waals surface area (Å²) in [7, 11) is 0. The molecule has 2 aromatic heterocycles. The van der Waals surface area contributed by atoms with E-state index in [1.54, 1.807) is 48.8 Å². The van der Waals surface area contributed by atoms with Gasteiger partial charge in [0.05, 0.1) is 34.8 Å². The molecule has 8 nitrogen and oxygen atoms in total. The highest BCUT2D eigenvalue weighted by Crippen LogP contribution is 2.17. The first-order valence-electron chi connectivity index (χ1n) is 12.3. The van der Waals surface area contributed by atoms with Crippen molar-refractivity contribution in [3.63, 3.8) is 0 Å². The average Bonchev–Trinajstić information content (AvgIpc) is 2.89. The standard InChI is InChI=1S/C27H31Cl2N5O3/c28-20-4-6-22-24(8-13-33(36)26(22)18-20)30-10-15-32(12-2-1-3-17-35)16-11-31-25-9-14-34(37)27-19-21(29)5-7-23(25)27/h4-9,13-14,18-19,35-37H,1-3,10-12,15-17H2. The normalized spacial score (nSPS) is 12.9. The fourth-order valence-corrected chi connectivity index (χ4v) is 4.64. The Hall–Kier alpha value is -3.04. The molecule has 0 aliphatic rings. The Morgan fingerprint density at radius 2 is 1.19 bits per heavy atom. The summed E-state index contributed by atoms with van der Waals surface area (Å²) < 4.78 is 2.10. The van der Waals surface area contributed by atoms with E-state index in [-0.39, 0.29) is 6.61 Å². The van der Waals surface area contributed by atoms with Gasteiger partial charge < -0.3 is 15.5 Å². The zero-order chi connectivity index (χ0) is 26.2. The van der Waals surface area contributed by atoms with E-state index >= 15 is 0 Å². The van der Waals surface area contributed by atoms with Crippen LogP contribution in [0.25, 0.3) is 21.8 Å². The van der Waals surface area contributed by atoms with Crippen molar-refractivity contribution in [2.75, 3.05) is 39.3 Å². The van der Waals surface area contributed by atoms with Crippen molar-refractivity contribution in [2.24, 2.45) is 9.98 Å². The molecule has 37 heavy (non-hydrogen) atoms. The maximum absolute atomic E-state index is 10.1. The number of aliphatic hydroxyl groups is 1. The summed E-state index contributed by atoms with van der Waals surface area (Å²) in [5.41, 5.74) is 1.21. The number of unbranched alkanes of at least 4 members (excludes halogenated alkanes) is 2. The first-order chi connectivity index (χ1) is 18.0. The van der Waals surface area contributed by atoms with Gasteiger partial charge in [-0.3, -0.25) is 14.9 Å². The summed E-state index contributed by atoms with van der Waals surface area (Å²) in [6.45, 7) is 3.76. The van der Waals surface area contributed by atoms with Gasteiger partial charge in [-0.25, -0.2) is 0 Å². The lowest BCUT2D eigenvalue weighted by molar-refractivity contribution is 0.197. The van der Waals surface area contributed by atoms with Crippen molar-refractivity contribution >= 4 is 45.0 Å². The number of benzene rings is 2. The second-order valence-corrected chi connectivity index (χ2v) is 9.68. The van der Waals surface area contributed by atoms with Crippen molar-refractivity contribution < 1.29 is 15.5 Å². The molecule has 0 fully saturated rings. The maximum atomic E-state index is 10.1. The number of hydrogen-bond acceptors (Lipinski definition) is 6. The van der Waals surface area contributed by atoms with Gasteiger partial charge in [0.1, 0.15) is 0 Å². The second kappa shape index (κ2) is 13.0. The Bertz CT molecular complexity index is 1390. The topological polar surface area (TPSA) is 98.5 Å². The number of fused-ring (bicyclic) bond motifs is 2. The van der Waals surface area contributed by atoms with Crippen LogP contribution in [0.15, 0.2) is 70.9 Å². The second-order valence-electron chi connectivity index (χ2n) is 8.80. The lowest BCUT2D eigenvalue weighted by Crippen LogP contribution is -2.31. The third kappa shape index (κ3) is 7.05. The Labute approximate surface area is 224 Å². The summed E-state index contributed by atoms with van der Waals surface area (Å²) in [4.78, 5) is 11.9. The first kappa shape index (κ1) is 27.0. The van der Waals surface area contributed by atoms with Crippen molar-refractivity contribution in [3.05, 3.63) is 81.7 Å². The number of hydrogen-bond donors (Lipinski definition) is 3. The van der Waals surface area contributed by atoms with E-state index in [4.69, 9.17) is 38.3 Å². The molecule has 2 heterocycles. The molecular formula is C27H31Cl2N5O3. The van der Waals surface area contributed by atoms with E-state index in [1.165, 1.54) is 0 Å². The molecule has 0 saturated heterocycles. The predicted octanol–water partition coefficient (Wildman–Crippen LogP) is 4.34. The van der Waals surface area contributed by atoms with Crippen LogP contribution in [0.1, 0.15) is 19.3 Å². The highest BCUT2D eigenvalue weighted by atomic mass is 35.5. The summed E-state index contributed by atoms with van der Waals surface area (Å²) in [5.74, 6) is 0. The number of aromatic nitrogens is 2. The van der Waals surface area contributed by atoms with E-state index in [0.29, 0.717) is 34.2 Å². The Kier molecular flexibility index (Phi) is 9.46. The largest absolute Gasteiger partial charge is 0.428 e. The average molecular weight is 544 g/mol. The smallest absolute Gasteiger partial charge is 0.0901 e. The van der Waals surface area contributed by atoms with E-state index in [1.807, 2.05) is 12.1 Å². The molecule has 0 amide bonds. The van der Waals surface area contributed by atoms with Gasteiger partial charge in [-0.1, -0.05) is 23.2 Å². The third-order valence-corrected chi connectivity index (χ3v) is 6.71. The summed E-state index contributed by atoms with van der Waals surface area (Å²) >= 11 is 12.2. The molecule has 0 bridgehead atoms. The van der Waals surface area contributed by atoms with Crippen LogP contribution in [0.3, 0.4) is 0 Å². The van der Waals surface area contributed by atoms with Gasteiger partial charge in [-0.15, -0.1) is 0 Å². The number of pyridine rings is 2. The fraction of sp³-hybridized carbons (Fsp3) is 0.333. The van der Waals surface area contributed by atoms with Gasteiger partial charge in [0.25, 0.3) is 0 Å². The molecule has 0 radical (unpaired) electrons. The molecule has 3 N–H and O–H groups in total. The van der Waals surface area contributed by atoms with Crippen molar-refractivity contribution in [1.29, 1.82) is 0 Å². The predicted molar refractivity (Wildman–Crippen MR) is 147 cm³/mol. The molecule has 196 valence electrons. The van der Waals surface area contributed by atoms with Crippen LogP contribution in [-0.4, -0.2) is 69.2 Å². The van der Waals surface area contributed by atoms with Crippen LogP contribution in [0.4, 0.5) is 0 Å². The number of aliphatic hydroxyl groups excluding tert-OH is 1. The van der Waals surface area contributed by atoms with E-state index in [9.17, 15) is 10.4 Å². The molecule has 4 aromatic rings. The highest BCUT2D eigenvalue weighted by Gasteiger charge is 2.06. The van der Waals surface area contributed by atoms with Crippen molar-refractivity contribution in [3.8, 4) is 0 Å². The summed E-state index contributed by atoms with van der Waals surface area (Å²) in [5, 5.41) is 33.7. The molecule has 4 rings (SSSR count). The maximum Gasteiger partial charge on any atom is 0.0901 e. The molecule has 0 spiro atoms. The summed E-state index contributed by atoms with van der Waals surface area (Å²) in [6, 6.07) is 14.3. The van der Waals surface area contributed by atoms with Crippen LogP contribution in [-0.2, 0) is 0 Å². The van der Waals surface area contributed by atoms with Gasteiger partial charge in [-0.2, -0.15) is 9.46 Å². The zero-order valence-electron chi connectivity index (χ0n) is 20.5. The molecule has 0 aliphatic heterocycles. The van der Waals surface area contributed by atoms with Crippen LogP contribution in [0, 0.1) is 0 Å². The molecular weight excluding hydrogens is 513 g/mol. The molecule has 10 heteroatoms. The van der Waals surface area contributed by atoms with Gasteiger partial charge in [0, 0.05) is 52.9 Å². The minimum Gasteiger partial charge on any atom is -0.428 e. The number of rotatable bonds is 11. The first-order valence-corrected chi connectivity index (χ1v) is 13.1. The molecule has 0 unspecified atom stereocenters. The highest BCUT2D eigenvalue weighted by molar-refractivity contribution is 6.31. The molecule has 0 saturated carbocycles. The number of halogens is 2. The van der Waals surface area contributed by atoms with Gasteiger partial charge in [0.2, 0.25) is 0 Å². The Balaban J connectivity index is 1.48. The van der Waals surface area contributed by atoms with Crippen molar-refractivity contribution in [1.82, 2.24) is 14.4 Å². The number of nitrogens with zero attached hydrogens (tertiary/aromatic N) is 5. The van der Waals surface area contributed by atoms with Gasteiger partial charge >= 0.3 is 0 Å². The molecule has 2 aromatic carbocycles. The van der Waals surface area contributed by atoms with E-state index < -0.39 is 0 Å². The van der Waals surface area contributed by atoms with Gasteiger partial charge in [-0.05, 0) is 74.3 Å². The Morgan fingerprint density at radius 3 is 1.68 bits per heavy atom. The summed E-state index contributed by atoms with van der Waals surface area (Å²) in [6.07, 6.45) is 5.87. The quantitative estimate of drug-likeness (QED) is 0.193. The van der Waals surface area contributed by atoms with E-state index in [0.717, 1.165) is 69.8 Å². The van der Waals surface area contributed by atoms with E-state index in [2.05, 4.69) is 4.90 Å². The van der Waals surface area contributed by atoms with Crippen LogP contribution in [0.2, 0.25) is 10.0 Å². The molecule has 0 atom stereocenters. The minimum atomic E-state index is 0.205. The third-order valence-electron chi connectivity index (χ3n) is 6.24. The van der Waals surface area contributed by atoms with Crippen LogP contribution in [0.5, 0.6) is 0 Å². The van der Waals surface area contributed by atoms with Crippen molar-refractivity contribution in [2.45, 2.75) is 19.3 Å². The monoisotopic (exact) mass is 543 g/mol. The Morgan fingerprint density at radius 1 is 0.676 bits per heavy atom. The zero-order valence-corrected chi connectivity index (χ0v) is 22.0. The molecule has 0 aliphatic carbocycles. The minimum absolute atomic E-state index is 0.205. The SMILES string of the molecule is OCCCCCN(CCN=c1ccn(O)c2cc(Cl)ccc12)CCN=c1ccn(O)c2cc(Cl)ccc12. The lowest BCUT2D eigenvalue weighted by Gasteiger charge is -2.20.